The summed E-state index contributed by atoms with van der Waals surface area (Å²) in [4.78, 5) is 24.3. The lowest BCUT2D eigenvalue weighted by molar-refractivity contribution is -0.117. The molecule has 0 spiro atoms. The molecule has 2 aromatic carbocycles. The van der Waals surface area contributed by atoms with E-state index in [1.807, 2.05) is 73.1 Å². The van der Waals surface area contributed by atoms with Crippen molar-refractivity contribution < 1.29 is 9.59 Å². The molecule has 0 atom stereocenters. The molecule has 0 unspecified atom stereocenters. The van der Waals surface area contributed by atoms with E-state index in [0.717, 1.165) is 47.0 Å². The summed E-state index contributed by atoms with van der Waals surface area (Å²) in [7, 11) is 0. The Morgan fingerprint density at radius 2 is 1.63 bits per heavy atom. The number of rotatable bonds is 7. The minimum Gasteiger partial charge on any atom is -0.376 e. The van der Waals surface area contributed by atoms with Crippen molar-refractivity contribution >= 4 is 28.9 Å². The van der Waals surface area contributed by atoms with Gasteiger partial charge in [-0.25, -0.2) is 4.68 Å². The third-order valence-electron chi connectivity index (χ3n) is 5.11. The monoisotopic (exact) mass is 403 g/mol. The Balaban J connectivity index is 1.34. The van der Waals surface area contributed by atoms with E-state index < -0.39 is 0 Å². The topological polar surface area (TPSA) is 88.1 Å². The van der Waals surface area contributed by atoms with Gasteiger partial charge in [-0.05, 0) is 63.1 Å². The smallest absolute Gasteiger partial charge is 0.243 e. The molecular formula is C23H25N5O2. The number of carbonyl (C=O) groups is 2. The number of anilines is 3. The lowest BCUT2D eigenvalue weighted by Gasteiger charge is -2.10. The molecule has 1 aliphatic carbocycles. The standard InChI is InChI=1S/C23H25N5O2/c1-15-22(16(2)28(27-15)20-6-4-3-5-7-20)26-21(29)14-24-18-10-12-19(13-11-18)25-23(30)17-8-9-17/h3-7,10-13,17,24H,8-9,14H2,1-2H3,(H,25,30)(H,26,29). The first-order valence-corrected chi connectivity index (χ1v) is 10.1. The lowest BCUT2D eigenvalue weighted by Crippen LogP contribution is -2.22. The molecule has 7 heteroatoms. The number of aromatic nitrogens is 2. The predicted octanol–water partition coefficient (Wildman–Crippen LogP) is 3.89. The SMILES string of the molecule is Cc1nn(-c2ccccc2)c(C)c1NC(=O)CNc1ccc(NC(=O)C2CC2)cc1. The van der Waals surface area contributed by atoms with Crippen LogP contribution in [0.1, 0.15) is 24.2 Å². The zero-order valence-electron chi connectivity index (χ0n) is 17.1. The summed E-state index contributed by atoms with van der Waals surface area (Å²) in [5.41, 5.74) is 4.89. The molecule has 1 saturated carbocycles. The zero-order valence-corrected chi connectivity index (χ0v) is 17.1. The van der Waals surface area contributed by atoms with Gasteiger partial charge in [0.15, 0.2) is 0 Å². The van der Waals surface area contributed by atoms with E-state index >= 15 is 0 Å². The molecule has 3 aromatic rings. The predicted molar refractivity (Wildman–Crippen MR) is 118 cm³/mol. The minimum atomic E-state index is -0.153. The number of nitrogens with zero attached hydrogens (tertiary/aromatic N) is 2. The van der Waals surface area contributed by atoms with Crippen LogP contribution in [-0.2, 0) is 9.59 Å². The second kappa shape index (κ2) is 8.41. The van der Waals surface area contributed by atoms with Gasteiger partial charge in [0.25, 0.3) is 0 Å². The third kappa shape index (κ3) is 4.51. The average molecular weight is 403 g/mol. The van der Waals surface area contributed by atoms with Gasteiger partial charge in [0.2, 0.25) is 11.8 Å². The van der Waals surface area contributed by atoms with Crippen molar-refractivity contribution in [1.82, 2.24) is 9.78 Å². The highest BCUT2D eigenvalue weighted by Crippen LogP contribution is 2.30. The number of benzene rings is 2. The first kappa shape index (κ1) is 19.7. The van der Waals surface area contributed by atoms with Crippen molar-refractivity contribution in [1.29, 1.82) is 0 Å². The number of hydrogen-bond acceptors (Lipinski definition) is 4. The van der Waals surface area contributed by atoms with Crippen molar-refractivity contribution in [2.45, 2.75) is 26.7 Å². The molecule has 0 radical (unpaired) electrons. The Morgan fingerprint density at radius 3 is 2.30 bits per heavy atom. The maximum Gasteiger partial charge on any atom is 0.243 e. The Morgan fingerprint density at radius 1 is 0.967 bits per heavy atom. The van der Waals surface area contributed by atoms with E-state index in [-0.39, 0.29) is 24.3 Å². The van der Waals surface area contributed by atoms with Crippen LogP contribution < -0.4 is 16.0 Å². The maximum absolute atomic E-state index is 12.5. The van der Waals surface area contributed by atoms with E-state index in [1.54, 1.807) is 0 Å². The van der Waals surface area contributed by atoms with Crippen LogP contribution in [0.25, 0.3) is 5.69 Å². The number of amides is 2. The molecule has 154 valence electrons. The summed E-state index contributed by atoms with van der Waals surface area (Å²) >= 11 is 0. The molecule has 30 heavy (non-hydrogen) atoms. The Kier molecular flexibility index (Phi) is 5.52. The number of aryl methyl sites for hydroxylation is 1. The molecule has 0 saturated heterocycles. The lowest BCUT2D eigenvalue weighted by atomic mass is 10.2. The highest BCUT2D eigenvalue weighted by Gasteiger charge is 2.29. The normalized spacial score (nSPS) is 13.0. The fraction of sp³-hybridized carbons (Fsp3) is 0.261. The van der Waals surface area contributed by atoms with Gasteiger partial charge in [0.1, 0.15) is 0 Å². The quantitative estimate of drug-likeness (QED) is 0.558. The first-order chi connectivity index (χ1) is 14.5. The van der Waals surface area contributed by atoms with E-state index in [2.05, 4.69) is 21.0 Å². The van der Waals surface area contributed by atoms with Crippen LogP contribution in [-0.4, -0.2) is 28.1 Å². The number of nitrogens with one attached hydrogen (secondary N) is 3. The maximum atomic E-state index is 12.5. The van der Waals surface area contributed by atoms with Crippen molar-refractivity contribution in [2.24, 2.45) is 5.92 Å². The van der Waals surface area contributed by atoms with Crippen LogP contribution in [0.3, 0.4) is 0 Å². The van der Waals surface area contributed by atoms with E-state index in [9.17, 15) is 9.59 Å². The third-order valence-corrected chi connectivity index (χ3v) is 5.11. The Bertz CT molecular complexity index is 1050. The van der Waals surface area contributed by atoms with Crippen molar-refractivity contribution in [2.75, 3.05) is 22.5 Å². The van der Waals surface area contributed by atoms with Crippen LogP contribution >= 0.6 is 0 Å². The van der Waals surface area contributed by atoms with Gasteiger partial charge in [0.05, 0.1) is 29.3 Å². The molecule has 0 bridgehead atoms. The molecule has 1 heterocycles. The second-order valence-electron chi connectivity index (χ2n) is 7.54. The molecular weight excluding hydrogens is 378 g/mol. The largest absolute Gasteiger partial charge is 0.376 e. The van der Waals surface area contributed by atoms with Gasteiger partial charge in [0, 0.05) is 17.3 Å². The summed E-state index contributed by atoms with van der Waals surface area (Å²) < 4.78 is 1.83. The highest BCUT2D eigenvalue weighted by molar-refractivity contribution is 5.95. The Hall–Kier alpha value is -3.61. The average Bonchev–Trinajstić information content (AvgIpc) is 3.57. The number of hydrogen-bond donors (Lipinski definition) is 3. The summed E-state index contributed by atoms with van der Waals surface area (Å²) in [6.07, 6.45) is 1.95. The molecule has 1 aromatic heterocycles. The second-order valence-corrected chi connectivity index (χ2v) is 7.54. The summed E-state index contributed by atoms with van der Waals surface area (Å²) in [6.45, 7) is 3.94. The van der Waals surface area contributed by atoms with Crippen LogP contribution in [0.4, 0.5) is 17.1 Å². The molecule has 3 N–H and O–H groups in total. The molecule has 0 aliphatic heterocycles. The van der Waals surface area contributed by atoms with Gasteiger partial charge in [-0.15, -0.1) is 0 Å². The van der Waals surface area contributed by atoms with E-state index in [4.69, 9.17) is 0 Å². The van der Waals surface area contributed by atoms with Gasteiger partial charge in [-0.2, -0.15) is 5.10 Å². The summed E-state index contributed by atoms with van der Waals surface area (Å²) in [5, 5.41) is 13.5. The van der Waals surface area contributed by atoms with Gasteiger partial charge >= 0.3 is 0 Å². The van der Waals surface area contributed by atoms with Gasteiger partial charge < -0.3 is 16.0 Å². The van der Waals surface area contributed by atoms with Crippen LogP contribution in [0.5, 0.6) is 0 Å². The zero-order chi connectivity index (χ0) is 21.1. The van der Waals surface area contributed by atoms with Crippen molar-refractivity contribution in [3.05, 3.63) is 66.0 Å². The molecule has 1 fully saturated rings. The van der Waals surface area contributed by atoms with E-state index in [0.29, 0.717) is 0 Å². The fourth-order valence-corrected chi connectivity index (χ4v) is 3.27. The molecule has 4 rings (SSSR count). The van der Waals surface area contributed by atoms with Crippen molar-refractivity contribution in [3.8, 4) is 5.69 Å². The molecule has 7 nitrogen and oxygen atoms in total. The Labute approximate surface area is 175 Å². The minimum absolute atomic E-state index is 0.0804. The van der Waals surface area contributed by atoms with Gasteiger partial charge in [-0.1, -0.05) is 18.2 Å². The van der Waals surface area contributed by atoms with Crippen LogP contribution in [0.2, 0.25) is 0 Å². The molecule has 1 aliphatic rings. The summed E-state index contributed by atoms with van der Waals surface area (Å²) in [6, 6.07) is 17.2. The van der Waals surface area contributed by atoms with Gasteiger partial charge in [-0.3, -0.25) is 9.59 Å². The fourth-order valence-electron chi connectivity index (χ4n) is 3.27. The summed E-state index contributed by atoms with van der Waals surface area (Å²) in [5.74, 6) is 0.0986. The highest BCUT2D eigenvalue weighted by atomic mass is 16.2. The van der Waals surface area contributed by atoms with E-state index in [1.165, 1.54) is 0 Å². The first-order valence-electron chi connectivity index (χ1n) is 10.1. The number of carbonyl (C=O) groups excluding carboxylic acids is 2. The number of para-hydroxylation sites is 1. The van der Waals surface area contributed by atoms with Crippen LogP contribution in [0, 0.1) is 19.8 Å². The van der Waals surface area contributed by atoms with Crippen LogP contribution in [0.15, 0.2) is 54.6 Å². The van der Waals surface area contributed by atoms with Crippen molar-refractivity contribution in [3.63, 3.8) is 0 Å². The molecule has 2 amide bonds.